The van der Waals surface area contributed by atoms with Crippen molar-refractivity contribution in [3.05, 3.63) is 71.3 Å². The molecule has 5 heteroatoms. The number of rotatable bonds is 3. The molecule has 1 amide bonds. The molecule has 1 aliphatic rings. The predicted octanol–water partition coefficient (Wildman–Crippen LogP) is 5.00. The van der Waals surface area contributed by atoms with Gasteiger partial charge in [-0.15, -0.1) is 0 Å². The second-order valence-electron chi connectivity index (χ2n) is 7.35. The Balaban J connectivity index is 1.81. The van der Waals surface area contributed by atoms with Gasteiger partial charge in [0, 0.05) is 24.8 Å². The SMILES string of the molecule is Cc1ccccc1N(C)C(=O)c1nc(-c2cccc(F)c2)n2c1CCCCC2. The van der Waals surface area contributed by atoms with Crippen molar-refractivity contribution < 1.29 is 9.18 Å². The molecule has 28 heavy (non-hydrogen) atoms. The number of amides is 1. The zero-order chi connectivity index (χ0) is 19.7. The minimum Gasteiger partial charge on any atom is -0.327 e. The lowest BCUT2D eigenvalue weighted by atomic mass is 10.1. The zero-order valence-corrected chi connectivity index (χ0v) is 16.3. The summed E-state index contributed by atoms with van der Waals surface area (Å²) in [4.78, 5) is 19.8. The van der Waals surface area contributed by atoms with E-state index < -0.39 is 0 Å². The average Bonchev–Trinajstić information content (AvgIpc) is 2.88. The first kappa shape index (κ1) is 18.4. The number of hydrogen-bond acceptors (Lipinski definition) is 2. The van der Waals surface area contributed by atoms with Crippen molar-refractivity contribution in [2.45, 2.75) is 39.2 Å². The molecule has 0 saturated carbocycles. The van der Waals surface area contributed by atoms with Crippen molar-refractivity contribution in [1.29, 1.82) is 0 Å². The molecule has 0 fully saturated rings. The van der Waals surface area contributed by atoms with Gasteiger partial charge in [-0.05, 0) is 49.9 Å². The van der Waals surface area contributed by atoms with Crippen LogP contribution in [0.5, 0.6) is 0 Å². The monoisotopic (exact) mass is 377 g/mol. The van der Waals surface area contributed by atoms with Gasteiger partial charge in [-0.2, -0.15) is 0 Å². The second-order valence-corrected chi connectivity index (χ2v) is 7.35. The smallest absolute Gasteiger partial charge is 0.278 e. The van der Waals surface area contributed by atoms with Crippen molar-refractivity contribution in [2.75, 3.05) is 11.9 Å². The van der Waals surface area contributed by atoms with Crippen LogP contribution in [0.1, 0.15) is 41.0 Å². The molecule has 4 rings (SSSR count). The number of fused-ring (bicyclic) bond motifs is 1. The van der Waals surface area contributed by atoms with Gasteiger partial charge in [-0.25, -0.2) is 9.37 Å². The third kappa shape index (κ3) is 3.33. The van der Waals surface area contributed by atoms with Gasteiger partial charge in [0.2, 0.25) is 0 Å². The number of anilines is 1. The molecule has 2 aromatic carbocycles. The van der Waals surface area contributed by atoms with E-state index in [0.717, 1.165) is 49.2 Å². The van der Waals surface area contributed by atoms with Crippen molar-refractivity contribution in [3.63, 3.8) is 0 Å². The fourth-order valence-corrected chi connectivity index (χ4v) is 3.95. The van der Waals surface area contributed by atoms with Gasteiger partial charge in [0.1, 0.15) is 11.6 Å². The highest BCUT2D eigenvalue weighted by atomic mass is 19.1. The molecule has 0 bridgehead atoms. The maximum absolute atomic E-state index is 13.8. The molecule has 0 N–H and O–H groups in total. The van der Waals surface area contributed by atoms with E-state index in [0.29, 0.717) is 17.1 Å². The van der Waals surface area contributed by atoms with E-state index in [9.17, 15) is 9.18 Å². The molecule has 144 valence electrons. The largest absolute Gasteiger partial charge is 0.327 e. The predicted molar refractivity (Wildman–Crippen MR) is 109 cm³/mol. The van der Waals surface area contributed by atoms with Crippen molar-refractivity contribution in [1.82, 2.24) is 9.55 Å². The van der Waals surface area contributed by atoms with Gasteiger partial charge in [0.25, 0.3) is 5.91 Å². The molecule has 0 saturated heterocycles. The molecule has 1 aliphatic heterocycles. The van der Waals surface area contributed by atoms with E-state index in [1.807, 2.05) is 37.3 Å². The Hall–Kier alpha value is -2.95. The van der Waals surface area contributed by atoms with E-state index in [4.69, 9.17) is 4.98 Å². The summed E-state index contributed by atoms with van der Waals surface area (Å²) in [6.07, 6.45) is 3.99. The number of aryl methyl sites for hydroxylation is 1. The lowest BCUT2D eigenvalue weighted by Crippen LogP contribution is -2.28. The van der Waals surface area contributed by atoms with Crippen molar-refractivity contribution >= 4 is 11.6 Å². The summed E-state index contributed by atoms with van der Waals surface area (Å²) >= 11 is 0. The topological polar surface area (TPSA) is 38.1 Å². The summed E-state index contributed by atoms with van der Waals surface area (Å²) in [6, 6.07) is 14.3. The van der Waals surface area contributed by atoms with Crippen LogP contribution in [0.2, 0.25) is 0 Å². The summed E-state index contributed by atoms with van der Waals surface area (Å²) in [6.45, 7) is 2.79. The Morgan fingerprint density at radius 3 is 2.71 bits per heavy atom. The van der Waals surface area contributed by atoms with Gasteiger partial charge in [-0.1, -0.05) is 36.8 Å². The Morgan fingerprint density at radius 1 is 1.11 bits per heavy atom. The summed E-state index contributed by atoms with van der Waals surface area (Å²) in [5.74, 6) is 0.258. The number of aromatic nitrogens is 2. The molecule has 0 aliphatic carbocycles. The van der Waals surface area contributed by atoms with Crippen molar-refractivity contribution in [3.8, 4) is 11.4 Å². The third-order valence-electron chi connectivity index (χ3n) is 5.43. The summed E-state index contributed by atoms with van der Waals surface area (Å²) < 4.78 is 15.9. The first-order valence-electron chi connectivity index (χ1n) is 9.75. The second kappa shape index (κ2) is 7.58. The minimum atomic E-state index is -0.298. The summed E-state index contributed by atoms with van der Waals surface area (Å²) in [5.41, 5.74) is 4.05. The maximum Gasteiger partial charge on any atom is 0.278 e. The first-order chi connectivity index (χ1) is 13.6. The highest BCUT2D eigenvalue weighted by molar-refractivity contribution is 6.06. The maximum atomic E-state index is 13.8. The molecular formula is C23H24FN3O. The average molecular weight is 377 g/mol. The Morgan fingerprint density at radius 2 is 1.93 bits per heavy atom. The summed E-state index contributed by atoms with van der Waals surface area (Å²) in [5, 5.41) is 0. The normalized spacial score (nSPS) is 13.7. The molecule has 1 aromatic heterocycles. The fourth-order valence-electron chi connectivity index (χ4n) is 3.95. The van der Waals surface area contributed by atoms with Gasteiger partial charge in [0.15, 0.2) is 5.69 Å². The van der Waals surface area contributed by atoms with Gasteiger partial charge in [0.05, 0.1) is 5.69 Å². The van der Waals surface area contributed by atoms with Crippen LogP contribution in [0, 0.1) is 12.7 Å². The number of hydrogen-bond donors (Lipinski definition) is 0. The van der Waals surface area contributed by atoms with Crippen LogP contribution < -0.4 is 4.90 Å². The van der Waals surface area contributed by atoms with Crippen LogP contribution in [-0.2, 0) is 13.0 Å². The van der Waals surface area contributed by atoms with Crippen LogP contribution >= 0.6 is 0 Å². The van der Waals surface area contributed by atoms with E-state index >= 15 is 0 Å². The number of benzene rings is 2. The van der Waals surface area contributed by atoms with Crippen LogP contribution in [-0.4, -0.2) is 22.5 Å². The summed E-state index contributed by atoms with van der Waals surface area (Å²) in [7, 11) is 1.79. The lowest BCUT2D eigenvalue weighted by Gasteiger charge is -2.19. The molecule has 4 nitrogen and oxygen atoms in total. The van der Waals surface area contributed by atoms with E-state index in [1.54, 1.807) is 18.0 Å². The van der Waals surface area contributed by atoms with E-state index in [-0.39, 0.29) is 11.7 Å². The number of para-hydroxylation sites is 1. The minimum absolute atomic E-state index is 0.123. The third-order valence-corrected chi connectivity index (χ3v) is 5.43. The standard InChI is InChI=1S/C23H24FN3O/c1-16-9-5-6-12-19(16)26(2)23(28)21-20-13-4-3-7-14-27(20)22(25-21)17-10-8-11-18(24)15-17/h5-6,8-12,15H,3-4,7,13-14H2,1-2H3. The number of halogens is 1. The van der Waals surface area contributed by atoms with Crippen LogP contribution in [0.15, 0.2) is 48.5 Å². The first-order valence-corrected chi connectivity index (χ1v) is 9.75. The number of carbonyl (C=O) groups is 1. The van der Waals surface area contributed by atoms with Crippen LogP contribution in [0.4, 0.5) is 10.1 Å². The molecule has 0 atom stereocenters. The Bertz CT molecular complexity index is 1020. The Labute approximate surface area is 164 Å². The van der Waals surface area contributed by atoms with Crippen molar-refractivity contribution in [2.24, 2.45) is 0 Å². The molecule has 3 aromatic rings. The van der Waals surface area contributed by atoms with Gasteiger partial charge >= 0.3 is 0 Å². The van der Waals surface area contributed by atoms with Crippen LogP contribution in [0.3, 0.4) is 0 Å². The molecule has 0 unspecified atom stereocenters. The number of carbonyl (C=O) groups excluding carboxylic acids is 1. The number of nitrogens with zero attached hydrogens (tertiary/aromatic N) is 3. The molecular weight excluding hydrogens is 353 g/mol. The van der Waals surface area contributed by atoms with E-state index in [2.05, 4.69) is 4.57 Å². The molecule has 0 radical (unpaired) electrons. The van der Waals surface area contributed by atoms with Gasteiger partial charge < -0.3 is 9.47 Å². The Kier molecular flexibility index (Phi) is 4.99. The number of imidazole rings is 1. The molecule has 0 spiro atoms. The highest BCUT2D eigenvalue weighted by Gasteiger charge is 2.27. The zero-order valence-electron chi connectivity index (χ0n) is 16.3. The van der Waals surface area contributed by atoms with Crippen LogP contribution in [0.25, 0.3) is 11.4 Å². The van der Waals surface area contributed by atoms with Gasteiger partial charge in [-0.3, -0.25) is 4.79 Å². The lowest BCUT2D eigenvalue weighted by molar-refractivity contribution is 0.0987. The quantitative estimate of drug-likeness (QED) is 0.644. The molecule has 2 heterocycles. The van der Waals surface area contributed by atoms with E-state index in [1.165, 1.54) is 12.1 Å². The fraction of sp³-hybridized carbons (Fsp3) is 0.304. The highest BCUT2D eigenvalue weighted by Crippen LogP contribution is 2.29.